The smallest absolute Gasteiger partial charge is 0.136 e. The monoisotopic (exact) mass is 362 g/mol. The molecule has 1 aliphatic rings. The molecule has 1 aliphatic heterocycles. The summed E-state index contributed by atoms with van der Waals surface area (Å²) in [5.41, 5.74) is 16.5. The van der Waals surface area contributed by atoms with Crippen LogP contribution in [0.4, 0.5) is 10.1 Å². The molecular weight excluding hydrogens is 339 g/mol. The van der Waals surface area contributed by atoms with E-state index in [4.69, 9.17) is 11.5 Å². The van der Waals surface area contributed by atoms with Gasteiger partial charge >= 0.3 is 0 Å². The first-order valence-corrected chi connectivity index (χ1v) is 9.05. The minimum Gasteiger partial charge on any atom is -0.339 e. The van der Waals surface area contributed by atoms with E-state index in [1.54, 1.807) is 6.07 Å². The molecule has 4 nitrogen and oxygen atoms in total. The number of hydrogen-bond acceptors (Lipinski definition) is 4. The molecule has 138 valence electrons. The van der Waals surface area contributed by atoms with E-state index in [0.29, 0.717) is 18.7 Å². The lowest BCUT2D eigenvalue weighted by atomic mass is 10.0. The third-order valence-corrected chi connectivity index (χ3v) is 5.06. The van der Waals surface area contributed by atoms with Gasteiger partial charge in [-0.05, 0) is 23.3 Å². The quantitative estimate of drug-likeness (QED) is 0.745. The number of anilines is 1. The number of rotatable bonds is 4. The van der Waals surface area contributed by atoms with Crippen molar-refractivity contribution in [3.8, 4) is 0 Å². The van der Waals surface area contributed by atoms with Crippen molar-refractivity contribution < 1.29 is 4.39 Å². The van der Waals surface area contributed by atoms with Crippen LogP contribution in [0.25, 0.3) is 0 Å². The van der Waals surface area contributed by atoms with Gasteiger partial charge in [0.25, 0.3) is 0 Å². The summed E-state index contributed by atoms with van der Waals surface area (Å²) in [7, 11) is 0. The van der Waals surface area contributed by atoms with Crippen LogP contribution in [-0.2, 0) is 13.1 Å². The summed E-state index contributed by atoms with van der Waals surface area (Å²) in [6.45, 7) is 1.12. The fourth-order valence-corrected chi connectivity index (χ4v) is 3.67. The van der Waals surface area contributed by atoms with Crippen molar-refractivity contribution in [3.05, 3.63) is 101 Å². The Morgan fingerprint density at radius 2 is 1.33 bits per heavy atom. The Balaban J connectivity index is 1.73. The first-order valence-electron chi connectivity index (χ1n) is 9.05. The van der Waals surface area contributed by atoms with E-state index in [1.807, 2.05) is 76.5 Å². The maximum absolute atomic E-state index is 14.7. The van der Waals surface area contributed by atoms with Gasteiger partial charge in [-0.25, -0.2) is 9.29 Å². The predicted octanol–water partition coefficient (Wildman–Crippen LogP) is 3.55. The van der Waals surface area contributed by atoms with Gasteiger partial charge in [0, 0.05) is 24.3 Å². The zero-order valence-corrected chi connectivity index (χ0v) is 15.0. The van der Waals surface area contributed by atoms with Crippen molar-refractivity contribution in [2.45, 2.75) is 25.5 Å². The normalized spacial score (nSPS) is 19.7. The summed E-state index contributed by atoms with van der Waals surface area (Å²) >= 11 is 0. The molecule has 0 fully saturated rings. The Labute approximate surface area is 158 Å². The van der Waals surface area contributed by atoms with Gasteiger partial charge in [-0.15, -0.1) is 0 Å². The van der Waals surface area contributed by atoms with Crippen LogP contribution in [0.5, 0.6) is 0 Å². The van der Waals surface area contributed by atoms with Gasteiger partial charge in [0.2, 0.25) is 0 Å². The van der Waals surface area contributed by atoms with Gasteiger partial charge in [0.1, 0.15) is 12.1 Å². The number of fused-ring (bicyclic) bond motifs is 1. The molecule has 3 aromatic carbocycles. The van der Waals surface area contributed by atoms with Crippen LogP contribution in [0.3, 0.4) is 0 Å². The lowest BCUT2D eigenvalue weighted by Crippen LogP contribution is -2.60. The van der Waals surface area contributed by atoms with E-state index >= 15 is 0 Å². The van der Waals surface area contributed by atoms with Gasteiger partial charge < -0.3 is 10.6 Å². The number of nitrogens with two attached hydrogens (primary N) is 2. The Bertz CT molecular complexity index is 901. The molecule has 0 saturated heterocycles. The van der Waals surface area contributed by atoms with Crippen molar-refractivity contribution >= 4 is 5.69 Å². The molecule has 0 radical (unpaired) electrons. The third-order valence-electron chi connectivity index (χ3n) is 5.06. The van der Waals surface area contributed by atoms with E-state index in [1.165, 1.54) is 6.07 Å². The van der Waals surface area contributed by atoms with E-state index in [2.05, 4.69) is 0 Å². The molecule has 1 heterocycles. The summed E-state index contributed by atoms with van der Waals surface area (Å²) in [5, 5.41) is 0. The van der Waals surface area contributed by atoms with Gasteiger partial charge in [0.15, 0.2) is 0 Å². The number of halogens is 1. The highest BCUT2D eigenvalue weighted by Gasteiger charge is 2.37. The second kappa shape index (κ2) is 7.48. The molecule has 5 heteroatoms. The van der Waals surface area contributed by atoms with Crippen LogP contribution < -0.4 is 16.4 Å². The summed E-state index contributed by atoms with van der Waals surface area (Å²) in [6, 6.07) is 25.1. The van der Waals surface area contributed by atoms with E-state index in [-0.39, 0.29) is 5.82 Å². The largest absolute Gasteiger partial charge is 0.339 e. The van der Waals surface area contributed by atoms with E-state index in [9.17, 15) is 4.39 Å². The standard InChI is InChI=1S/C22H23FN4/c23-18-12-7-13-19-20(18)21(24)27(15-17-10-5-2-6-11-17)22(25)26(19)14-16-8-3-1-4-9-16/h1-13,21-22H,14-15,24-25H2. The fourth-order valence-electron chi connectivity index (χ4n) is 3.67. The maximum atomic E-state index is 14.7. The first-order chi connectivity index (χ1) is 13.1. The second-order valence-electron chi connectivity index (χ2n) is 6.80. The molecule has 0 aliphatic carbocycles. The molecule has 4 N–H and O–H groups in total. The van der Waals surface area contributed by atoms with Crippen LogP contribution in [0, 0.1) is 5.82 Å². The number of hydrogen-bond donors (Lipinski definition) is 2. The van der Waals surface area contributed by atoms with E-state index in [0.717, 1.165) is 16.8 Å². The Morgan fingerprint density at radius 1 is 0.741 bits per heavy atom. The highest BCUT2D eigenvalue weighted by Crippen LogP contribution is 2.38. The average molecular weight is 362 g/mol. The van der Waals surface area contributed by atoms with Crippen LogP contribution in [0.15, 0.2) is 78.9 Å². The molecule has 0 saturated carbocycles. The zero-order valence-electron chi connectivity index (χ0n) is 15.0. The first kappa shape index (κ1) is 17.7. The lowest BCUT2D eigenvalue weighted by molar-refractivity contribution is 0.109. The van der Waals surface area contributed by atoms with Crippen LogP contribution in [0.1, 0.15) is 22.9 Å². The molecule has 2 atom stereocenters. The van der Waals surface area contributed by atoms with Crippen LogP contribution in [0.2, 0.25) is 0 Å². The summed E-state index contributed by atoms with van der Waals surface area (Å²) in [6.07, 6.45) is -1.07. The summed E-state index contributed by atoms with van der Waals surface area (Å²) in [5.74, 6) is -0.303. The van der Waals surface area contributed by atoms with Crippen molar-refractivity contribution in [3.63, 3.8) is 0 Å². The van der Waals surface area contributed by atoms with Crippen molar-refractivity contribution in [1.29, 1.82) is 0 Å². The van der Waals surface area contributed by atoms with Crippen molar-refractivity contribution in [2.75, 3.05) is 4.90 Å². The van der Waals surface area contributed by atoms with Gasteiger partial charge in [-0.1, -0.05) is 66.7 Å². The molecule has 27 heavy (non-hydrogen) atoms. The maximum Gasteiger partial charge on any atom is 0.136 e. The molecular formula is C22H23FN4. The Morgan fingerprint density at radius 3 is 1.96 bits per heavy atom. The molecule has 0 amide bonds. The zero-order chi connectivity index (χ0) is 18.8. The van der Waals surface area contributed by atoms with Crippen LogP contribution >= 0.6 is 0 Å². The highest BCUT2D eigenvalue weighted by molar-refractivity contribution is 5.58. The van der Waals surface area contributed by atoms with Gasteiger partial charge in [0.05, 0.1) is 6.17 Å². The van der Waals surface area contributed by atoms with Crippen LogP contribution in [-0.4, -0.2) is 11.2 Å². The molecule has 0 spiro atoms. The molecule has 2 unspecified atom stereocenters. The molecule has 0 bridgehead atoms. The number of benzene rings is 3. The average Bonchev–Trinajstić information content (AvgIpc) is 2.70. The number of nitrogens with zero attached hydrogens (tertiary/aromatic N) is 2. The minimum absolute atomic E-state index is 0.303. The van der Waals surface area contributed by atoms with Gasteiger partial charge in [-0.2, -0.15) is 0 Å². The summed E-state index contributed by atoms with van der Waals surface area (Å²) < 4.78 is 14.7. The summed E-state index contributed by atoms with van der Waals surface area (Å²) in [4.78, 5) is 3.95. The predicted molar refractivity (Wildman–Crippen MR) is 106 cm³/mol. The SMILES string of the molecule is NC1c2c(F)cccc2N(Cc2ccccc2)C(N)N1Cc1ccccc1. The topological polar surface area (TPSA) is 58.5 Å². The second-order valence-corrected chi connectivity index (χ2v) is 6.80. The molecule has 3 aromatic rings. The third kappa shape index (κ3) is 3.45. The van der Waals surface area contributed by atoms with E-state index < -0.39 is 12.5 Å². The van der Waals surface area contributed by atoms with Crippen molar-refractivity contribution in [1.82, 2.24) is 4.90 Å². The Kier molecular flexibility index (Phi) is 4.90. The molecule has 4 rings (SSSR count). The minimum atomic E-state index is -0.608. The Hall–Kier alpha value is -2.73. The molecule has 0 aromatic heterocycles. The van der Waals surface area contributed by atoms with Crippen molar-refractivity contribution in [2.24, 2.45) is 11.5 Å². The fraction of sp³-hybridized carbons (Fsp3) is 0.182. The highest BCUT2D eigenvalue weighted by atomic mass is 19.1. The van der Waals surface area contributed by atoms with Gasteiger partial charge in [-0.3, -0.25) is 5.73 Å². The lowest BCUT2D eigenvalue weighted by Gasteiger charge is -2.47.